The quantitative estimate of drug-likeness (QED) is 0.156. The van der Waals surface area contributed by atoms with Gasteiger partial charge in [-0.05, 0) is 107 Å². The van der Waals surface area contributed by atoms with Crippen molar-refractivity contribution in [3.63, 3.8) is 0 Å². The van der Waals surface area contributed by atoms with Crippen LogP contribution < -0.4 is 0 Å². The van der Waals surface area contributed by atoms with Crippen LogP contribution in [0.1, 0.15) is 126 Å². The van der Waals surface area contributed by atoms with Gasteiger partial charge in [-0.25, -0.2) is 4.79 Å². The molecule has 1 unspecified atom stereocenters. The second-order valence-electron chi connectivity index (χ2n) is 19.6. The van der Waals surface area contributed by atoms with E-state index in [4.69, 9.17) is 23.7 Å². The topological polar surface area (TPSA) is 195 Å². The zero-order chi connectivity index (χ0) is 48.2. The first-order valence-corrected chi connectivity index (χ1v) is 23.9. The molecule has 0 aromatic heterocycles. The normalized spacial score (nSPS) is 37.8. The van der Waals surface area contributed by atoms with E-state index in [-0.39, 0.29) is 54.8 Å². The van der Waals surface area contributed by atoms with Crippen LogP contribution in [0.25, 0.3) is 0 Å². The molecule has 3 heterocycles. The number of nitrogens with zero attached hydrogens (tertiary/aromatic N) is 1. The highest BCUT2D eigenvalue weighted by molar-refractivity contribution is 6.39. The third-order valence-electron chi connectivity index (χ3n) is 14.5. The van der Waals surface area contributed by atoms with Crippen molar-refractivity contribution in [2.75, 3.05) is 27.9 Å². The third kappa shape index (κ3) is 14.3. The predicted molar refractivity (Wildman–Crippen MR) is 245 cm³/mol. The number of allylic oxidation sites excluding steroid dienone is 6. The lowest BCUT2D eigenvalue weighted by Crippen LogP contribution is -2.61. The van der Waals surface area contributed by atoms with Gasteiger partial charge in [0.1, 0.15) is 30.1 Å². The standard InChI is InChI=1S/C51H79NO13/c1-30-16-12-11-13-17-31(2)42(61-8)28-38-21-19-36(7)51(60,65-38)48(57)49(58)52-23-15-14-18-39(52)50(59)64-43(33(4)26-37-20-22-40(53)44(27-37)62-9)29-41(54)32(3)25-35(6)46(56)47(63-10)45(55)34(5)24-30/h11-13,16-17,25,30,32-34,36-40,42-44,46-47,53,56,60H,14-15,18-24,26-29H2,1-10H3/t30-,32-,33-,34-,36-,37+,38+,39+,40-,42+,43+,44-,46?,47+,51-/m1/s1. The molecule has 3 N–H and O–H groups in total. The molecule has 4 aliphatic rings. The Labute approximate surface area is 387 Å². The van der Waals surface area contributed by atoms with Gasteiger partial charge < -0.3 is 43.9 Å². The molecule has 14 heteroatoms. The second kappa shape index (κ2) is 25.1. The zero-order valence-corrected chi connectivity index (χ0v) is 40.6. The number of hydrogen-bond acceptors (Lipinski definition) is 13. The van der Waals surface area contributed by atoms with E-state index in [1.54, 1.807) is 41.1 Å². The van der Waals surface area contributed by atoms with E-state index in [1.807, 2.05) is 58.1 Å². The predicted octanol–water partition coefficient (Wildman–Crippen LogP) is 6.18. The monoisotopic (exact) mass is 914 g/mol. The largest absolute Gasteiger partial charge is 0.460 e. The molecule has 0 aromatic carbocycles. The number of esters is 1. The van der Waals surface area contributed by atoms with Crippen molar-refractivity contribution in [2.24, 2.45) is 35.5 Å². The first-order chi connectivity index (χ1) is 30.7. The fraction of sp³-hybridized carbons (Fsp3) is 0.745. The lowest BCUT2D eigenvalue weighted by molar-refractivity contribution is -0.265. The molecule has 0 spiro atoms. The third-order valence-corrected chi connectivity index (χ3v) is 14.5. The van der Waals surface area contributed by atoms with Crippen LogP contribution in [0.2, 0.25) is 0 Å². The minimum absolute atomic E-state index is 0.0193. The van der Waals surface area contributed by atoms with Crippen molar-refractivity contribution in [2.45, 2.75) is 180 Å². The summed E-state index contributed by atoms with van der Waals surface area (Å²) in [6.07, 6.45) is 11.2. The van der Waals surface area contributed by atoms with Crippen molar-refractivity contribution in [3.8, 4) is 0 Å². The number of carbonyl (C=O) groups excluding carboxylic acids is 5. The van der Waals surface area contributed by atoms with E-state index < -0.39 is 83.9 Å². The minimum atomic E-state index is -2.43. The van der Waals surface area contributed by atoms with Crippen LogP contribution in [0.15, 0.2) is 47.6 Å². The Morgan fingerprint density at radius 2 is 1.57 bits per heavy atom. The first-order valence-electron chi connectivity index (χ1n) is 23.9. The molecule has 1 saturated carbocycles. The van der Waals surface area contributed by atoms with Crippen LogP contribution in [0.5, 0.6) is 0 Å². The highest BCUT2D eigenvalue weighted by atomic mass is 16.6. The molecule has 2 bridgehead atoms. The summed E-state index contributed by atoms with van der Waals surface area (Å²) in [6.45, 7) is 12.7. The summed E-state index contributed by atoms with van der Waals surface area (Å²) < 4.78 is 29.4. The van der Waals surface area contributed by atoms with Crippen LogP contribution in [0, 0.1) is 35.5 Å². The molecule has 2 saturated heterocycles. The molecule has 1 aliphatic carbocycles. The van der Waals surface area contributed by atoms with E-state index in [0.717, 1.165) is 12.0 Å². The molecule has 0 aromatic rings. The lowest BCUT2D eigenvalue weighted by atomic mass is 9.78. The fourth-order valence-corrected chi connectivity index (χ4v) is 10.1. The van der Waals surface area contributed by atoms with Gasteiger partial charge in [0.25, 0.3) is 11.7 Å². The molecular weight excluding hydrogens is 835 g/mol. The maximum absolute atomic E-state index is 14.4. The van der Waals surface area contributed by atoms with E-state index in [0.29, 0.717) is 63.4 Å². The number of methoxy groups -OCH3 is 3. The number of aliphatic hydroxyl groups is 3. The number of aliphatic hydroxyl groups excluding tert-OH is 2. The molecular formula is C51H79NO13. The molecule has 4 rings (SSSR count). The molecule has 366 valence electrons. The highest BCUT2D eigenvalue weighted by Gasteiger charge is 2.53. The van der Waals surface area contributed by atoms with Gasteiger partial charge in [0.05, 0.1) is 24.4 Å². The number of cyclic esters (lactones) is 1. The van der Waals surface area contributed by atoms with Gasteiger partial charge in [0.15, 0.2) is 5.78 Å². The summed E-state index contributed by atoms with van der Waals surface area (Å²) in [5, 5.41) is 33.8. The summed E-state index contributed by atoms with van der Waals surface area (Å²) in [6, 6.07) is -1.14. The highest BCUT2D eigenvalue weighted by Crippen LogP contribution is 2.38. The van der Waals surface area contributed by atoms with Crippen molar-refractivity contribution >= 4 is 29.2 Å². The van der Waals surface area contributed by atoms with Crippen LogP contribution in [-0.2, 0) is 47.7 Å². The maximum Gasteiger partial charge on any atom is 0.329 e. The number of ether oxygens (including phenoxy) is 5. The number of ketones is 3. The zero-order valence-electron chi connectivity index (χ0n) is 40.6. The van der Waals surface area contributed by atoms with Crippen LogP contribution in [-0.4, -0.2) is 132 Å². The van der Waals surface area contributed by atoms with E-state index in [2.05, 4.69) is 0 Å². The van der Waals surface area contributed by atoms with Crippen LogP contribution in [0.3, 0.4) is 0 Å². The number of Topliss-reactive ketones (excluding diaryl/α,β-unsaturated/α-hetero) is 3. The van der Waals surface area contributed by atoms with Crippen LogP contribution >= 0.6 is 0 Å². The first kappa shape index (κ1) is 54.2. The number of rotatable bonds is 6. The van der Waals surface area contributed by atoms with Gasteiger partial charge in [-0.3, -0.25) is 19.2 Å². The van der Waals surface area contributed by atoms with Gasteiger partial charge in [0, 0.05) is 58.5 Å². The smallest absolute Gasteiger partial charge is 0.329 e. The maximum atomic E-state index is 14.4. The van der Waals surface area contributed by atoms with E-state index >= 15 is 0 Å². The second-order valence-corrected chi connectivity index (χ2v) is 19.6. The lowest BCUT2D eigenvalue weighted by Gasteiger charge is -2.42. The van der Waals surface area contributed by atoms with Gasteiger partial charge in [0.2, 0.25) is 5.79 Å². The Morgan fingerprint density at radius 1 is 0.846 bits per heavy atom. The van der Waals surface area contributed by atoms with E-state index in [1.165, 1.54) is 12.0 Å². The molecule has 3 aliphatic heterocycles. The van der Waals surface area contributed by atoms with Crippen LogP contribution in [0.4, 0.5) is 0 Å². The average Bonchev–Trinajstić information content (AvgIpc) is 3.28. The molecule has 0 radical (unpaired) electrons. The van der Waals surface area contributed by atoms with Gasteiger partial charge >= 0.3 is 5.97 Å². The van der Waals surface area contributed by atoms with Gasteiger partial charge in [-0.2, -0.15) is 0 Å². The van der Waals surface area contributed by atoms with Crippen molar-refractivity contribution in [1.82, 2.24) is 4.90 Å². The summed E-state index contributed by atoms with van der Waals surface area (Å²) in [5.41, 5.74) is 1.27. The number of piperidine rings is 1. The SMILES string of the molecule is CO[C@H]1C[C@@H]2CC[C@@H](C)[C@@](O)(O2)C(=O)C(=O)N2CCCC[C@H]2C(=O)O[C@H]([C@H](C)C[C@@H]2CC[C@@H](O)[C@H](OC)C2)CC(=O)[C@H](C)C=C(C)C(O)[C@@H](OC)C(=O)[C@H](C)C[C@H](C)C=CC=CC=C1C. The number of amides is 1. The Balaban J connectivity index is 1.70. The van der Waals surface area contributed by atoms with Gasteiger partial charge in [-0.15, -0.1) is 0 Å². The molecule has 1 amide bonds. The average molecular weight is 914 g/mol. The number of hydrogen-bond donors (Lipinski definition) is 3. The van der Waals surface area contributed by atoms with Gasteiger partial charge in [-0.1, -0.05) is 71.1 Å². The molecule has 3 fully saturated rings. The number of fused-ring (bicyclic) bond motifs is 3. The summed E-state index contributed by atoms with van der Waals surface area (Å²) in [4.78, 5) is 71.8. The molecule has 14 nitrogen and oxygen atoms in total. The molecule has 15 atom stereocenters. The Morgan fingerprint density at radius 3 is 2.25 bits per heavy atom. The minimum Gasteiger partial charge on any atom is -0.460 e. The Bertz CT molecular complexity index is 1760. The van der Waals surface area contributed by atoms with E-state index in [9.17, 15) is 39.3 Å². The van der Waals surface area contributed by atoms with Crippen molar-refractivity contribution < 1.29 is 63.0 Å². The molecule has 65 heavy (non-hydrogen) atoms. The fourth-order valence-electron chi connectivity index (χ4n) is 10.1. The summed E-state index contributed by atoms with van der Waals surface area (Å²) >= 11 is 0. The van der Waals surface area contributed by atoms with Crippen molar-refractivity contribution in [3.05, 3.63) is 47.6 Å². The summed E-state index contributed by atoms with van der Waals surface area (Å²) in [7, 11) is 4.52. The Kier molecular flexibility index (Phi) is 21.0. The van der Waals surface area contributed by atoms with Crippen molar-refractivity contribution in [1.29, 1.82) is 0 Å². The Hall–Kier alpha value is -3.37. The summed E-state index contributed by atoms with van der Waals surface area (Å²) in [5.74, 6) is -7.96. The number of carbonyl (C=O) groups is 5.